The van der Waals surface area contributed by atoms with Crippen molar-refractivity contribution in [2.24, 2.45) is 0 Å². The van der Waals surface area contributed by atoms with Gasteiger partial charge in [-0.1, -0.05) is 25.1 Å². The summed E-state index contributed by atoms with van der Waals surface area (Å²) in [5.41, 5.74) is 0.795. The Balaban J connectivity index is 1.23. The third-order valence-electron chi connectivity index (χ3n) is 6.32. The first-order valence-corrected chi connectivity index (χ1v) is 11.6. The Morgan fingerprint density at radius 3 is 2.81 bits per heavy atom. The highest BCUT2D eigenvalue weighted by Crippen LogP contribution is 2.41. The van der Waals surface area contributed by atoms with Crippen molar-refractivity contribution in [2.45, 2.75) is 44.6 Å². The summed E-state index contributed by atoms with van der Waals surface area (Å²) in [4.78, 5) is 28.3. The molecule has 2 aliphatic heterocycles. The molecule has 3 N–H and O–H groups in total. The molecule has 2 aliphatic rings. The lowest BCUT2D eigenvalue weighted by Crippen LogP contribution is -2.45. The van der Waals surface area contributed by atoms with E-state index in [1.54, 1.807) is 24.4 Å². The third kappa shape index (κ3) is 5.16. The van der Waals surface area contributed by atoms with Crippen LogP contribution >= 0.6 is 0 Å². The van der Waals surface area contributed by atoms with Gasteiger partial charge in [-0.05, 0) is 42.3 Å². The molecule has 0 radical (unpaired) electrons. The predicted molar refractivity (Wildman–Crippen MR) is 127 cm³/mol. The van der Waals surface area contributed by atoms with Crippen LogP contribution in [-0.4, -0.2) is 23.2 Å². The minimum atomic E-state index is -4.51. The van der Waals surface area contributed by atoms with E-state index in [1.807, 2.05) is 13.0 Å². The number of urea groups is 1. The first kappa shape index (κ1) is 24.4. The lowest BCUT2D eigenvalue weighted by molar-refractivity contribution is -0.138. The number of amides is 3. The monoisotopic (exact) mass is 512 g/mol. The van der Waals surface area contributed by atoms with Gasteiger partial charge in [-0.25, -0.2) is 9.78 Å². The average Bonchev–Trinajstić information content (AvgIpc) is 3.17. The summed E-state index contributed by atoms with van der Waals surface area (Å²) in [6.45, 7) is 1.58. The van der Waals surface area contributed by atoms with Crippen LogP contribution in [0.1, 0.15) is 41.5 Å². The molecule has 0 spiro atoms. The molecule has 3 aromatic rings. The molecule has 11 heteroatoms. The van der Waals surface area contributed by atoms with Crippen molar-refractivity contribution in [3.05, 3.63) is 77.0 Å². The number of rotatable bonds is 5. The first-order chi connectivity index (χ1) is 17.7. The maximum absolute atomic E-state index is 13.2. The molecule has 37 heavy (non-hydrogen) atoms. The molecular formula is C26H23F3N4O4. The SMILES string of the molecule is CC1c2cc(Oc3ccnc4c3CCC(=O)N4)ccc2O[C@H]1NC(=O)NCc1ccccc1C(F)(F)F. The average molecular weight is 512 g/mol. The highest BCUT2D eigenvalue weighted by atomic mass is 19.4. The second kappa shape index (κ2) is 9.64. The Hall–Kier alpha value is -4.28. The largest absolute Gasteiger partial charge is 0.470 e. The molecule has 3 amide bonds. The van der Waals surface area contributed by atoms with E-state index in [0.717, 1.165) is 17.2 Å². The van der Waals surface area contributed by atoms with Crippen LogP contribution in [0, 0.1) is 0 Å². The van der Waals surface area contributed by atoms with Gasteiger partial charge >= 0.3 is 12.2 Å². The predicted octanol–water partition coefficient (Wildman–Crippen LogP) is 5.10. The zero-order chi connectivity index (χ0) is 26.2. The molecule has 0 saturated carbocycles. The number of aromatic nitrogens is 1. The molecule has 2 atom stereocenters. The van der Waals surface area contributed by atoms with Gasteiger partial charge in [0.05, 0.1) is 5.56 Å². The normalized spacial score (nSPS) is 18.2. The van der Waals surface area contributed by atoms with E-state index in [0.29, 0.717) is 35.9 Å². The van der Waals surface area contributed by atoms with Crippen LogP contribution in [0.15, 0.2) is 54.7 Å². The summed E-state index contributed by atoms with van der Waals surface area (Å²) in [6.07, 6.45) is -2.80. The standard InChI is InChI=1S/C26H23F3N4O4/c1-14-18-12-16(36-21-10-11-30-23-17(21)7-9-22(34)32-23)6-8-20(18)37-24(14)33-25(35)31-13-15-4-2-3-5-19(15)26(27,28)29/h2-6,8,10-12,14,24H,7,9,13H2,1H3,(H,30,32,34)(H2,31,33,35)/t14?,24-/m1/s1. The van der Waals surface area contributed by atoms with Crippen molar-refractivity contribution in [1.82, 2.24) is 15.6 Å². The number of carbonyl (C=O) groups is 2. The Morgan fingerprint density at radius 2 is 2.00 bits per heavy atom. The first-order valence-electron chi connectivity index (χ1n) is 11.6. The van der Waals surface area contributed by atoms with Crippen molar-refractivity contribution < 1.29 is 32.2 Å². The van der Waals surface area contributed by atoms with Crippen molar-refractivity contribution >= 4 is 17.8 Å². The molecule has 0 saturated heterocycles. The van der Waals surface area contributed by atoms with Gasteiger partial charge in [0, 0.05) is 36.2 Å². The number of alkyl halides is 3. The lowest BCUT2D eigenvalue weighted by atomic mass is 10.0. The molecule has 2 aromatic carbocycles. The van der Waals surface area contributed by atoms with E-state index >= 15 is 0 Å². The summed E-state index contributed by atoms with van der Waals surface area (Å²) >= 11 is 0. The zero-order valence-corrected chi connectivity index (χ0v) is 19.7. The molecule has 3 heterocycles. The Morgan fingerprint density at radius 1 is 1.19 bits per heavy atom. The van der Waals surface area contributed by atoms with Crippen molar-refractivity contribution in [3.8, 4) is 17.2 Å². The van der Waals surface area contributed by atoms with E-state index in [-0.39, 0.29) is 23.9 Å². The molecule has 0 aliphatic carbocycles. The Labute approximate surface area is 210 Å². The van der Waals surface area contributed by atoms with Gasteiger partial charge in [-0.15, -0.1) is 0 Å². The fourth-order valence-electron chi connectivity index (χ4n) is 4.40. The highest BCUT2D eigenvalue weighted by Gasteiger charge is 2.34. The minimum absolute atomic E-state index is 0.0338. The van der Waals surface area contributed by atoms with Crippen LogP contribution in [0.5, 0.6) is 17.2 Å². The van der Waals surface area contributed by atoms with Crippen molar-refractivity contribution in [3.63, 3.8) is 0 Å². The number of hydrogen-bond donors (Lipinski definition) is 3. The Kier molecular flexibility index (Phi) is 6.36. The highest BCUT2D eigenvalue weighted by molar-refractivity contribution is 5.93. The van der Waals surface area contributed by atoms with Crippen molar-refractivity contribution in [2.75, 3.05) is 5.32 Å². The fraction of sp³-hybridized carbons (Fsp3) is 0.269. The number of benzene rings is 2. The van der Waals surface area contributed by atoms with Crippen LogP contribution in [0.4, 0.5) is 23.8 Å². The van der Waals surface area contributed by atoms with Crippen LogP contribution < -0.4 is 25.4 Å². The number of nitrogens with one attached hydrogen (secondary N) is 3. The number of ether oxygens (including phenoxy) is 2. The smallest absolute Gasteiger partial charge is 0.416 e. The topological polar surface area (TPSA) is 102 Å². The van der Waals surface area contributed by atoms with Crippen LogP contribution in [0.2, 0.25) is 0 Å². The van der Waals surface area contributed by atoms with Crippen LogP contribution in [0.3, 0.4) is 0 Å². The van der Waals surface area contributed by atoms with Gasteiger partial charge in [-0.3, -0.25) is 4.79 Å². The van der Waals surface area contributed by atoms with E-state index in [2.05, 4.69) is 20.9 Å². The van der Waals surface area contributed by atoms with Crippen LogP contribution in [-0.2, 0) is 23.9 Å². The number of halogens is 3. The molecule has 0 fully saturated rings. The van der Waals surface area contributed by atoms with Gasteiger partial charge in [0.1, 0.15) is 23.1 Å². The molecule has 5 rings (SSSR count). The van der Waals surface area contributed by atoms with E-state index in [9.17, 15) is 22.8 Å². The molecule has 0 bridgehead atoms. The lowest BCUT2D eigenvalue weighted by Gasteiger charge is -2.19. The molecule has 8 nitrogen and oxygen atoms in total. The summed E-state index contributed by atoms with van der Waals surface area (Å²) < 4.78 is 51.5. The summed E-state index contributed by atoms with van der Waals surface area (Å²) in [7, 11) is 0. The van der Waals surface area contributed by atoms with Gasteiger partial charge < -0.3 is 25.4 Å². The fourth-order valence-corrected chi connectivity index (χ4v) is 4.40. The van der Waals surface area contributed by atoms with Gasteiger partial charge in [0.25, 0.3) is 0 Å². The Bertz CT molecular complexity index is 1360. The zero-order valence-electron chi connectivity index (χ0n) is 19.7. The second-order valence-corrected chi connectivity index (χ2v) is 8.80. The molecular weight excluding hydrogens is 489 g/mol. The summed E-state index contributed by atoms with van der Waals surface area (Å²) in [6, 6.07) is 11.4. The van der Waals surface area contributed by atoms with Gasteiger partial charge in [0.2, 0.25) is 5.91 Å². The maximum atomic E-state index is 13.2. The quantitative estimate of drug-likeness (QED) is 0.442. The van der Waals surface area contributed by atoms with Gasteiger partial charge in [0.15, 0.2) is 6.23 Å². The summed E-state index contributed by atoms with van der Waals surface area (Å²) in [5, 5.41) is 7.88. The number of anilines is 1. The third-order valence-corrected chi connectivity index (χ3v) is 6.32. The van der Waals surface area contributed by atoms with Gasteiger partial charge in [-0.2, -0.15) is 13.2 Å². The van der Waals surface area contributed by atoms with Crippen molar-refractivity contribution in [1.29, 1.82) is 0 Å². The van der Waals surface area contributed by atoms with Crippen LogP contribution in [0.25, 0.3) is 0 Å². The van der Waals surface area contributed by atoms with E-state index < -0.39 is 24.0 Å². The minimum Gasteiger partial charge on any atom is -0.470 e. The number of hydrogen-bond acceptors (Lipinski definition) is 5. The molecule has 192 valence electrons. The second-order valence-electron chi connectivity index (χ2n) is 8.80. The number of carbonyl (C=O) groups excluding carboxylic acids is 2. The molecule has 1 aromatic heterocycles. The van der Waals surface area contributed by atoms with E-state index in [4.69, 9.17) is 9.47 Å². The number of nitrogens with zero attached hydrogens (tertiary/aromatic N) is 1. The summed E-state index contributed by atoms with van der Waals surface area (Å²) in [5.74, 6) is 1.85. The molecule has 1 unspecified atom stereocenters. The number of fused-ring (bicyclic) bond motifs is 2. The maximum Gasteiger partial charge on any atom is 0.416 e. The number of pyridine rings is 1. The van der Waals surface area contributed by atoms with E-state index in [1.165, 1.54) is 18.2 Å².